The van der Waals surface area contributed by atoms with Crippen LogP contribution in [0.3, 0.4) is 0 Å². The molecule has 2 aromatic rings. The maximum absolute atomic E-state index is 13.4. The molecule has 0 saturated heterocycles. The number of anilines is 1. The van der Waals surface area contributed by atoms with Crippen molar-refractivity contribution in [1.29, 1.82) is 0 Å². The molecule has 0 saturated carbocycles. The van der Waals surface area contributed by atoms with Crippen molar-refractivity contribution in [2.75, 3.05) is 4.72 Å². The highest BCUT2D eigenvalue weighted by atomic mass is 32.2. The zero-order valence-corrected chi connectivity index (χ0v) is 11.7. The number of rotatable bonds is 4. The lowest BCUT2D eigenvalue weighted by molar-refractivity contribution is 0.609. The van der Waals surface area contributed by atoms with Gasteiger partial charge in [-0.25, -0.2) is 12.8 Å². The number of hydrogen-bond donors (Lipinski definition) is 1. The van der Waals surface area contributed by atoms with Crippen LogP contribution < -0.4 is 4.72 Å². The number of halogens is 1. The van der Waals surface area contributed by atoms with Gasteiger partial charge in [-0.3, -0.25) is 4.72 Å². The summed E-state index contributed by atoms with van der Waals surface area (Å²) in [6.45, 7) is 1.52. The Bertz CT molecular complexity index is 725. The molecule has 0 spiro atoms. The molecule has 0 heterocycles. The van der Waals surface area contributed by atoms with Crippen LogP contribution in [0, 0.1) is 12.7 Å². The van der Waals surface area contributed by atoms with Gasteiger partial charge in [-0.15, -0.1) is 0 Å². The molecule has 0 aliphatic carbocycles. The summed E-state index contributed by atoms with van der Waals surface area (Å²) in [7, 11) is -3.67. The Morgan fingerprint density at radius 1 is 1.05 bits per heavy atom. The first-order chi connectivity index (χ1) is 9.48. The van der Waals surface area contributed by atoms with Gasteiger partial charge in [0.2, 0.25) is 0 Å². The normalized spacial score (nSPS) is 11.7. The SMILES string of the molecule is Cc1c(F)cccc1NS(=O)(=O)C=Cc1ccccc1. The summed E-state index contributed by atoms with van der Waals surface area (Å²) in [5, 5.41) is 1.06. The second-order valence-electron chi connectivity index (χ2n) is 4.27. The fourth-order valence-corrected chi connectivity index (χ4v) is 2.57. The highest BCUT2D eigenvalue weighted by Gasteiger charge is 2.09. The summed E-state index contributed by atoms with van der Waals surface area (Å²) in [5.74, 6) is -0.447. The quantitative estimate of drug-likeness (QED) is 0.936. The van der Waals surface area contributed by atoms with Crippen molar-refractivity contribution in [1.82, 2.24) is 0 Å². The van der Waals surface area contributed by atoms with E-state index in [1.165, 1.54) is 31.2 Å². The average Bonchev–Trinajstić information content (AvgIpc) is 2.43. The first-order valence-electron chi connectivity index (χ1n) is 5.99. The van der Waals surface area contributed by atoms with E-state index in [9.17, 15) is 12.8 Å². The minimum atomic E-state index is -3.67. The van der Waals surface area contributed by atoms with Crippen molar-refractivity contribution in [2.24, 2.45) is 0 Å². The van der Waals surface area contributed by atoms with E-state index in [2.05, 4.69) is 4.72 Å². The van der Waals surface area contributed by atoms with Gasteiger partial charge in [-0.1, -0.05) is 36.4 Å². The minimum absolute atomic E-state index is 0.239. The largest absolute Gasteiger partial charge is 0.280 e. The van der Waals surface area contributed by atoms with E-state index >= 15 is 0 Å². The van der Waals surface area contributed by atoms with Crippen molar-refractivity contribution in [3.05, 3.63) is 70.9 Å². The van der Waals surface area contributed by atoms with Gasteiger partial charge in [-0.2, -0.15) is 0 Å². The molecule has 0 unspecified atom stereocenters. The van der Waals surface area contributed by atoms with E-state index in [1.54, 1.807) is 12.1 Å². The van der Waals surface area contributed by atoms with Crippen molar-refractivity contribution in [3.63, 3.8) is 0 Å². The summed E-state index contributed by atoms with van der Waals surface area (Å²) in [6, 6.07) is 13.3. The summed E-state index contributed by atoms with van der Waals surface area (Å²) in [4.78, 5) is 0. The van der Waals surface area contributed by atoms with Crippen LogP contribution in [0.15, 0.2) is 53.9 Å². The van der Waals surface area contributed by atoms with E-state index in [1.807, 2.05) is 18.2 Å². The monoisotopic (exact) mass is 291 g/mol. The van der Waals surface area contributed by atoms with Crippen molar-refractivity contribution >= 4 is 21.8 Å². The first kappa shape index (κ1) is 14.3. The highest BCUT2D eigenvalue weighted by Crippen LogP contribution is 2.19. The Labute approximate surface area is 117 Å². The topological polar surface area (TPSA) is 46.2 Å². The molecular weight excluding hydrogens is 277 g/mol. The van der Waals surface area contributed by atoms with Gasteiger partial charge in [0.15, 0.2) is 0 Å². The highest BCUT2D eigenvalue weighted by molar-refractivity contribution is 7.95. The Balaban J connectivity index is 2.20. The fraction of sp³-hybridized carbons (Fsp3) is 0.0667. The van der Waals surface area contributed by atoms with Crippen LogP contribution in [0.1, 0.15) is 11.1 Å². The molecule has 104 valence electrons. The third-order valence-electron chi connectivity index (χ3n) is 2.76. The van der Waals surface area contributed by atoms with Crippen molar-refractivity contribution < 1.29 is 12.8 Å². The Morgan fingerprint density at radius 2 is 1.75 bits per heavy atom. The average molecular weight is 291 g/mol. The lowest BCUT2D eigenvalue weighted by Gasteiger charge is -2.08. The molecule has 1 N–H and O–H groups in total. The summed E-state index contributed by atoms with van der Waals surface area (Å²) in [5.41, 5.74) is 1.28. The third kappa shape index (κ3) is 3.68. The molecule has 0 bridgehead atoms. The van der Waals surface area contributed by atoms with E-state index in [-0.39, 0.29) is 11.3 Å². The van der Waals surface area contributed by atoms with Gasteiger partial charge in [0.25, 0.3) is 10.0 Å². The predicted octanol–water partition coefficient (Wildman–Crippen LogP) is 3.55. The van der Waals surface area contributed by atoms with E-state index in [0.29, 0.717) is 0 Å². The fourth-order valence-electron chi connectivity index (χ4n) is 1.64. The Hall–Kier alpha value is -2.14. The van der Waals surface area contributed by atoms with E-state index in [4.69, 9.17) is 0 Å². The van der Waals surface area contributed by atoms with Crippen LogP contribution in [0.4, 0.5) is 10.1 Å². The molecule has 0 aliphatic heterocycles. The molecule has 20 heavy (non-hydrogen) atoms. The van der Waals surface area contributed by atoms with Crippen molar-refractivity contribution in [3.8, 4) is 0 Å². The maximum atomic E-state index is 13.4. The van der Waals surface area contributed by atoms with Crippen molar-refractivity contribution in [2.45, 2.75) is 6.92 Å². The summed E-state index contributed by atoms with van der Waals surface area (Å²) >= 11 is 0. The standard InChI is InChI=1S/C15H14FNO2S/c1-12-14(16)8-5-9-15(12)17-20(18,19)11-10-13-6-3-2-4-7-13/h2-11,17H,1H3. The Morgan fingerprint density at radius 3 is 2.45 bits per heavy atom. The lowest BCUT2D eigenvalue weighted by atomic mass is 10.2. The predicted molar refractivity (Wildman–Crippen MR) is 79.2 cm³/mol. The van der Waals surface area contributed by atoms with Gasteiger partial charge in [0, 0.05) is 5.56 Å². The smallest absolute Gasteiger partial charge is 0.255 e. The molecular formula is C15H14FNO2S. The molecule has 0 fully saturated rings. The molecule has 0 aromatic heterocycles. The molecule has 3 nitrogen and oxygen atoms in total. The van der Waals surface area contributed by atoms with E-state index < -0.39 is 15.8 Å². The van der Waals surface area contributed by atoms with Gasteiger partial charge in [0.05, 0.1) is 11.1 Å². The van der Waals surface area contributed by atoms with E-state index in [0.717, 1.165) is 11.0 Å². The maximum Gasteiger partial charge on any atom is 0.255 e. The van der Waals surface area contributed by atoms with Gasteiger partial charge in [0.1, 0.15) is 5.82 Å². The zero-order valence-electron chi connectivity index (χ0n) is 10.9. The van der Waals surface area contributed by atoms with Crippen LogP contribution >= 0.6 is 0 Å². The number of sulfonamides is 1. The van der Waals surface area contributed by atoms with Gasteiger partial charge in [-0.05, 0) is 30.7 Å². The molecule has 0 aliphatic rings. The van der Waals surface area contributed by atoms with Gasteiger partial charge < -0.3 is 0 Å². The van der Waals surface area contributed by atoms with Crippen LogP contribution in [-0.4, -0.2) is 8.42 Å². The molecule has 2 rings (SSSR count). The molecule has 0 amide bonds. The molecule has 0 radical (unpaired) electrons. The number of benzene rings is 2. The number of hydrogen-bond acceptors (Lipinski definition) is 2. The van der Waals surface area contributed by atoms with Gasteiger partial charge >= 0.3 is 0 Å². The number of nitrogens with one attached hydrogen (secondary N) is 1. The first-order valence-corrected chi connectivity index (χ1v) is 7.54. The van der Waals surface area contributed by atoms with Crippen LogP contribution in [-0.2, 0) is 10.0 Å². The summed E-state index contributed by atoms with van der Waals surface area (Å²) in [6.07, 6.45) is 1.48. The second-order valence-corrected chi connectivity index (χ2v) is 5.84. The van der Waals surface area contributed by atoms with Crippen LogP contribution in [0.25, 0.3) is 6.08 Å². The van der Waals surface area contributed by atoms with Crippen LogP contribution in [0.5, 0.6) is 0 Å². The molecule has 5 heteroatoms. The zero-order chi connectivity index (χ0) is 14.6. The summed E-state index contributed by atoms with van der Waals surface area (Å²) < 4.78 is 39.5. The Kier molecular flexibility index (Phi) is 4.20. The second kappa shape index (κ2) is 5.88. The third-order valence-corrected chi connectivity index (χ3v) is 3.76. The minimum Gasteiger partial charge on any atom is -0.280 e. The lowest BCUT2D eigenvalue weighted by Crippen LogP contribution is -2.10. The van der Waals surface area contributed by atoms with Crippen LogP contribution in [0.2, 0.25) is 0 Å². The molecule has 2 aromatic carbocycles. The molecule has 0 atom stereocenters.